The lowest BCUT2D eigenvalue weighted by molar-refractivity contribution is -0.143. The molecule has 0 unspecified atom stereocenters. The molecule has 2 atom stereocenters. The first-order chi connectivity index (χ1) is 19.4. The number of nitrogens with one attached hydrogen (secondary N) is 4. The van der Waals surface area contributed by atoms with Crippen LogP contribution in [0.2, 0.25) is 0 Å². The first-order valence-electron chi connectivity index (χ1n) is 12.3. The molecule has 0 aliphatic heterocycles. The third-order valence-corrected chi connectivity index (χ3v) is 6.17. The SMILES string of the molecule is COC(=O)[C@H](Cc1cnc[nH]1)NC(=O)c1ccccc1-c1ccccc1C(=O)N[C@@H](Cc1cnc[nH]1)C(=O)OC. The number of hydrogen-bond acceptors (Lipinski definition) is 8. The molecule has 12 nitrogen and oxygen atoms in total. The van der Waals surface area contributed by atoms with Crippen molar-refractivity contribution in [3.63, 3.8) is 0 Å². The zero-order valence-electron chi connectivity index (χ0n) is 21.8. The quantitative estimate of drug-likeness (QED) is 0.207. The van der Waals surface area contributed by atoms with Gasteiger partial charge in [0.1, 0.15) is 12.1 Å². The van der Waals surface area contributed by atoms with Gasteiger partial charge in [0.2, 0.25) is 0 Å². The molecule has 0 saturated carbocycles. The molecule has 0 spiro atoms. The van der Waals surface area contributed by atoms with Crippen molar-refractivity contribution >= 4 is 23.8 Å². The van der Waals surface area contributed by atoms with Gasteiger partial charge >= 0.3 is 11.9 Å². The third-order valence-electron chi connectivity index (χ3n) is 6.17. The van der Waals surface area contributed by atoms with E-state index in [9.17, 15) is 19.2 Å². The van der Waals surface area contributed by atoms with E-state index in [1.807, 2.05) is 0 Å². The van der Waals surface area contributed by atoms with Gasteiger partial charge < -0.3 is 30.1 Å². The van der Waals surface area contributed by atoms with E-state index in [-0.39, 0.29) is 24.0 Å². The number of ether oxygens (including phenoxy) is 2. The number of amides is 2. The standard InChI is InChI=1S/C28H28N6O6/c1-39-27(37)23(11-17-13-29-15-31-17)33-25(35)21-9-5-3-7-19(21)20-8-4-6-10-22(20)26(36)34-24(28(38)40-2)12-18-14-30-16-32-18/h3-10,13-16,23-24H,11-12H2,1-2H3,(H,29,31)(H,30,32)(H,33,35)(H,34,36)/t23-,24-/m0/s1. The molecule has 0 fully saturated rings. The summed E-state index contributed by atoms with van der Waals surface area (Å²) in [6.07, 6.45) is 6.35. The summed E-state index contributed by atoms with van der Waals surface area (Å²) in [7, 11) is 2.48. The van der Waals surface area contributed by atoms with Crippen molar-refractivity contribution in [1.82, 2.24) is 30.6 Å². The number of carbonyl (C=O) groups is 4. The number of hydrogen-bond donors (Lipinski definition) is 4. The van der Waals surface area contributed by atoms with Crippen LogP contribution in [-0.4, -0.2) is 70.0 Å². The van der Waals surface area contributed by atoms with Crippen molar-refractivity contribution in [1.29, 1.82) is 0 Å². The van der Waals surface area contributed by atoms with Crippen LogP contribution < -0.4 is 10.6 Å². The normalized spacial score (nSPS) is 12.2. The van der Waals surface area contributed by atoms with E-state index in [4.69, 9.17) is 9.47 Å². The van der Waals surface area contributed by atoms with Crippen molar-refractivity contribution in [2.75, 3.05) is 14.2 Å². The van der Waals surface area contributed by atoms with Gasteiger partial charge in [0, 0.05) is 47.8 Å². The fraction of sp³-hybridized carbons (Fsp3) is 0.214. The minimum Gasteiger partial charge on any atom is -0.467 e. The Morgan fingerprint density at radius 2 is 1.10 bits per heavy atom. The molecule has 2 aromatic carbocycles. The summed E-state index contributed by atoms with van der Waals surface area (Å²) in [6, 6.07) is 11.5. The lowest BCUT2D eigenvalue weighted by atomic mass is 9.94. The Labute approximate surface area is 229 Å². The molecule has 0 aliphatic carbocycles. The monoisotopic (exact) mass is 544 g/mol. The summed E-state index contributed by atoms with van der Waals surface area (Å²) < 4.78 is 9.76. The minimum atomic E-state index is -0.979. The molecule has 2 aromatic heterocycles. The van der Waals surface area contributed by atoms with Gasteiger partial charge in [-0.05, 0) is 23.3 Å². The van der Waals surface area contributed by atoms with Crippen LogP contribution in [0.1, 0.15) is 32.1 Å². The van der Waals surface area contributed by atoms with Crippen molar-refractivity contribution in [3.05, 3.63) is 96.1 Å². The number of H-pyrrole nitrogens is 2. The van der Waals surface area contributed by atoms with Gasteiger partial charge in [0.25, 0.3) is 11.8 Å². The zero-order valence-corrected chi connectivity index (χ0v) is 21.8. The summed E-state index contributed by atoms with van der Waals surface area (Å²) >= 11 is 0. The van der Waals surface area contributed by atoms with Crippen LogP contribution in [0.4, 0.5) is 0 Å². The second kappa shape index (κ2) is 13.0. The molecule has 2 amide bonds. The summed E-state index contributed by atoms with van der Waals surface area (Å²) in [5.41, 5.74) is 2.67. The number of nitrogens with zero attached hydrogens (tertiary/aromatic N) is 2. The van der Waals surface area contributed by atoms with Crippen molar-refractivity contribution in [2.45, 2.75) is 24.9 Å². The van der Waals surface area contributed by atoms with Crippen molar-refractivity contribution in [2.24, 2.45) is 0 Å². The molecule has 0 bridgehead atoms. The van der Waals surface area contributed by atoms with E-state index in [1.165, 1.54) is 26.9 Å². The first-order valence-corrected chi connectivity index (χ1v) is 12.3. The third kappa shape index (κ3) is 6.59. The molecule has 0 aliphatic rings. The Balaban J connectivity index is 1.61. The van der Waals surface area contributed by atoms with E-state index in [0.717, 1.165) is 0 Å². The van der Waals surface area contributed by atoms with E-state index in [1.54, 1.807) is 60.9 Å². The Kier molecular flexibility index (Phi) is 9.03. The molecule has 4 rings (SSSR count). The number of esters is 2. The Morgan fingerprint density at radius 3 is 1.45 bits per heavy atom. The topological polar surface area (TPSA) is 168 Å². The average Bonchev–Trinajstić information content (AvgIpc) is 3.70. The van der Waals surface area contributed by atoms with Crippen LogP contribution >= 0.6 is 0 Å². The molecule has 0 saturated heterocycles. The highest BCUT2D eigenvalue weighted by Crippen LogP contribution is 2.28. The number of benzene rings is 2. The molecule has 206 valence electrons. The number of aromatic amines is 2. The van der Waals surface area contributed by atoms with Crippen LogP contribution in [0.25, 0.3) is 11.1 Å². The van der Waals surface area contributed by atoms with Gasteiger partial charge in [-0.1, -0.05) is 36.4 Å². The Hall–Kier alpha value is -5.26. The molecular formula is C28H28N6O6. The average molecular weight is 545 g/mol. The van der Waals surface area contributed by atoms with Crippen molar-refractivity contribution in [3.8, 4) is 11.1 Å². The zero-order chi connectivity index (χ0) is 28.5. The van der Waals surface area contributed by atoms with Crippen LogP contribution in [0.15, 0.2) is 73.6 Å². The molecule has 0 radical (unpaired) electrons. The maximum atomic E-state index is 13.4. The summed E-state index contributed by atoms with van der Waals surface area (Å²) in [4.78, 5) is 65.5. The maximum absolute atomic E-state index is 13.4. The first kappa shape index (κ1) is 27.8. The lowest BCUT2D eigenvalue weighted by Crippen LogP contribution is -2.43. The highest BCUT2D eigenvalue weighted by Gasteiger charge is 2.27. The number of rotatable bonds is 11. The Morgan fingerprint density at radius 1 is 0.700 bits per heavy atom. The van der Waals surface area contributed by atoms with E-state index in [0.29, 0.717) is 22.5 Å². The molecule has 2 heterocycles. The van der Waals surface area contributed by atoms with E-state index < -0.39 is 35.8 Å². The minimum absolute atomic E-state index is 0.144. The van der Waals surface area contributed by atoms with Crippen LogP contribution in [-0.2, 0) is 31.9 Å². The number of methoxy groups -OCH3 is 2. The summed E-state index contributed by atoms with van der Waals surface area (Å²) in [5.74, 6) is -2.31. The van der Waals surface area contributed by atoms with Gasteiger partial charge in [-0.3, -0.25) is 9.59 Å². The second-order valence-electron chi connectivity index (χ2n) is 8.75. The fourth-order valence-corrected chi connectivity index (χ4v) is 4.21. The smallest absolute Gasteiger partial charge is 0.328 e. The predicted octanol–water partition coefficient (Wildman–Crippen LogP) is 1.83. The van der Waals surface area contributed by atoms with Crippen LogP contribution in [0, 0.1) is 0 Å². The number of carbonyl (C=O) groups excluding carboxylic acids is 4. The number of imidazole rings is 2. The van der Waals surface area contributed by atoms with Gasteiger partial charge in [-0.15, -0.1) is 0 Å². The predicted molar refractivity (Wildman–Crippen MR) is 143 cm³/mol. The molecular weight excluding hydrogens is 516 g/mol. The Bertz CT molecular complexity index is 1360. The van der Waals surface area contributed by atoms with Crippen LogP contribution in [0.3, 0.4) is 0 Å². The van der Waals surface area contributed by atoms with E-state index >= 15 is 0 Å². The largest absolute Gasteiger partial charge is 0.467 e. The molecule has 4 aromatic rings. The molecule has 4 N–H and O–H groups in total. The lowest BCUT2D eigenvalue weighted by Gasteiger charge is -2.19. The highest BCUT2D eigenvalue weighted by atomic mass is 16.5. The maximum Gasteiger partial charge on any atom is 0.328 e. The second-order valence-corrected chi connectivity index (χ2v) is 8.75. The summed E-state index contributed by atoms with van der Waals surface area (Å²) in [6.45, 7) is 0. The molecule has 12 heteroatoms. The van der Waals surface area contributed by atoms with E-state index in [2.05, 4.69) is 30.6 Å². The van der Waals surface area contributed by atoms with Gasteiger partial charge in [-0.25, -0.2) is 19.6 Å². The fourth-order valence-electron chi connectivity index (χ4n) is 4.21. The van der Waals surface area contributed by atoms with Gasteiger partial charge in [-0.2, -0.15) is 0 Å². The van der Waals surface area contributed by atoms with Crippen molar-refractivity contribution < 1.29 is 28.7 Å². The van der Waals surface area contributed by atoms with Gasteiger partial charge in [0.15, 0.2) is 0 Å². The number of aromatic nitrogens is 4. The highest BCUT2D eigenvalue weighted by molar-refractivity contribution is 6.07. The van der Waals surface area contributed by atoms with Gasteiger partial charge in [0.05, 0.1) is 26.9 Å². The summed E-state index contributed by atoms with van der Waals surface area (Å²) in [5, 5.41) is 5.46. The molecule has 40 heavy (non-hydrogen) atoms. The van der Waals surface area contributed by atoms with Crippen LogP contribution in [0.5, 0.6) is 0 Å².